The highest BCUT2D eigenvalue weighted by atomic mass is 35.5. The Morgan fingerprint density at radius 1 is 1.59 bits per heavy atom. The van der Waals surface area contributed by atoms with Crippen molar-refractivity contribution in [2.24, 2.45) is 0 Å². The van der Waals surface area contributed by atoms with E-state index in [1.54, 1.807) is 6.07 Å². The summed E-state index contributed by atoms with van der Waals surface area (Å²) in [4.78, 5) is 26.7. The van der Waals surface area contributed by atoms with Gasteiger partial charge < -0.3 is 10.6 Å². The molecule has 6 heteroatoms. The number of hydrogen-bond donors (Lipinski definition) is 2. The van der Waals surface area contributed by atoms with Gasteiger partial charge in [0.2, 0.25) is 5.91 Å². The summed E-state index contributed by atoms with van der Waals surface area (Å²) in [5.41, 5.74) is 0.401. The van der Waals surface area contributed by atoms with Gasteiger partial charge in [0.05, 0.1) is 10.6 Å². The first-order chi connectivity index (χ1) is 8.16. The first kappa shape index (κ1) is 11.9. The Kier molecular flexibility index (Phi) is 3.58. The van der Waals surface area contributed by atoms with Gasteiger partial charge in [0.25, 0.3) is 5.91 Å². The number of halogens is 1. The molecule has 1 atom stereocenters. The molecule has 1 aliphatic rings. The van der Waals surface area contributed by atoms with Crippen molar-refractivity contribution in [3.05, 3.63) is 29.0 Å². The summed E-state index contributed by atoms with van der Waals surface area (Å²) in [6.07, 6.45) is 4.04. The highest BCUT2D eigenvalue weighted by Crippen LogP contribution is 2.13. The van der Waals surface area contributed by atoms with Gasteiger partial charge in [0.1, 0.15) is 0 Å². The summed E-state index contributed by atoms with van der Waals surface area (Å²) in [5, 5.41) is 5.86. The van der Waals surface area contributed by atoms with Gasteiger partial charge in [-0.2, -0.15) is 0 Å². The smallest absolute Gasteiger partial charge is 0.253 e. The fourth-order valence-corrected chi connectivity index (χ4v) is 1.88. The molecule has 5 nitrogen and oxygen atoms in total. The molecule has 2 heterocycles. The predicted octanol–water partition coefficient (Wildman–Crippen LogP) is 0.743. The van der Waals surface area contributed by atoms with E-state index < -0.39 is 0 Å². The summed E-state index contributed by atoms with van der Waals surface area (Å²) in [5.74, 6) is -0.212. The fourth-order valence-electron chi connectivity index (χ4n) is 1.68. The second-order valence-electron chi connectivity index (χ2n) is 3.87. The molecule has 1 fully saturated rings. The van der Waals surface area contributed by atoms with Crippen LogP contribution in [0, 0.1) is 0 Å². The zero-order valence-corrected chi connectivity index (χ0v) is 9.83. The molecule has 0 aliphatic carbocycles. The molecule has 0 aromatic carbocycles. The Morgan fingerprint density at radius 2 is 2.41 bits per heavy atom. The second kappa shape index (κ2) is 5.14. The van der Waals surface area contributed by atoms with Crippen LogP contribution >= 0.6 is 11.6 Å². The first-order valence-electron chi connectivity index (χ1n) is 5.34. The Bertz CT molecular complexity index is 440. The van der Waals surface area contributed by atoms with Gasteiger partial charge in [0.15, 0.2) is 0 Å². The number of nitrogens with zero attached hydrogens (tertiary/aromatic N) is 1. The topological polar surface area (TPSA) is 71.1 Å². The molecular weight excluding hydrogens is 242 g/mol. The second-order valence-corrected chi connectivity index (χ2v) is 4.28. The van der Waals surface area contributed by atoms with Crippen LogP contribution in [0.2, 0.25) is 5.02 Å². The van der Waals surface area contributed by atoms with Crippen molar-refractivity contribution < 1.29 is 9.59 Å². The lowest BCUT2D eigenvalue weighted by Gasteiger charge is -2.23. The Balaban J connectivity index is 1.98. The average Bonchev–Trinajstić information content (AvgIpc) is 2.32. The van der Waals surface area contributed by atoms with Gasteiger partial charge in [-0.25, -0.2) is 0 Å². The van der Waals surface area contributed by atoms with Crippen molar-refractivity contribution in [1.82, 2.24) is 15.6 Å². The van der Waals surface area contributed by atoms with Crippen LogP contribution < -0.4 is 10.6 Å². The van der Waals surface area contributed by atoms with E-state index >= 15 is 0 Å². The van der Waals surface area contributed by atoms with Gasteiger partial charge in [-0.15, -0.1) is 0 Å². The van der Waals surface area contributed by atoms with Crippen molar-refractivity contribution >= 4 is 23.4 Å². The standard InChI is InChI=1S/C11H12ClN3O2/c12-9-6-13-4-3-8(9)11(17)15-7-1-2-10(16)14-5-7/h3-4,6-7H,1-2,5H2,(H,14,16)(H,15,17). The van der Waals surface area contributed by atoms with Crippen LogP contribution in [-0.2, 0) is 4.79 Å². The van der Waals surface area contributed by atoms with Crippen molar-refractivity contribution in [2.45, 2.75) is 18.9 Å². The van der Waals surface area contributed by atoms with Crippen molar-refractivity contribution in [2.75, 3.05) is 6.54 Å². The van der Waals surface area contributed by atoms with Crippen molar-refractivity contribution in [3.8, 4) is 0 Å². The lowest BCUT2D eigenvalue weighted by atomic mass is 10.1. The van der Waals surface area contributed by atoms with Crippen LogP contribution in [0.25, 0.3) is 0 Å². The number of hydrogen-bond acceptors (Lipinski definition) is 3. The summed E-state index contributed by atoms with van der Waals surface area (Å²) in [6.45, 7) is 0.466. The number of aromatic nitrogens is 1. The van der Waals surface area contributed by atoms with Gasteiger partial charge in [-0.3, -0.25) is 14.6 Å². The molecule has 0 bridgehead atoms. The number of nitrogens with one attached hydrogen (secondary N) is 2. The van der Waals surface area contributed by atoms with Crippen molar-refractivity contribution in [3.63, 3.8) is 0 Å². The monoisotopic (exact) mass is 253 g/mol. The van der Waals surface area contributed by atoms with Gasteiger partial charge in [0, 0.05) is 31.4 Å². The predicted molar refractivity (Wildman–Crippen MR) is 62.7 cm³/mol. The summed E-state index contributed by atoms with van der Waals surface area (Å²) in [7, 11) is 0. The van der Waals surface area contributed by atoms with Crippen molar-refractivity contribution in [1.29, 1.82) is 0 Å². The molecule has 0 radical (unpaired) electrons. The maximum atomic E-state index is 11.9. The van der Waals surface area contributed by atoms with Crippen LogP contribution in [0.4, 0.5) is 0 Å². The third-order valence-electron chi connectivity index (χ3n) is 2.62. The number of carbonyl (C=O) groups is 2. The molecule has 0 spiro atoms. The molecule has 2 rings (SSSR count). The zero-order valence-electron chi connectivity index (χ0n) is 9.07. The Morgan fingerprint density at radius 3 is 3.06 bits per heavy atom. The number of piperidine rings is 1. The number of amides is 2. The molecule has 1 aromatic rings. The summed E-state index contributed by atoms with van der Waals surface area (Å²) >= 11 is 5.87. The normalized spacial score (nSPS) is 19.6. The Labute approximate surface area is 104 Å². The van der Waals surface area contributed by atoms with E-state index in [0.717, 1.165) is 0 Å². The maximum Gasteiger partial charge on any atom is 0.253 e. The molecule has 1 aromatic heterocycles. The average molecular weight is 254 g/mol. The molecular formula is C11H12ClN3O2. The van der Waals surface area contributed by atoms with Gasteiger partial charge >= 0.3 is 0 Å². The van der Waals surface area contributed by atoms with E-state index in [0.29, 0.717) is 30.0 Å². The molecule has 2 amide bonds. The maximum absolute atomic E-state index is 11.9. The van der Waals surface area contributed by atoms with Gasteiger partial charge in [-0.1, -0.05) is 11.6 Å². The van der Waals surface area contributed by atoms with Crippen LogP contribution in [-0.4, -0.2) is 29.4 Å². The van der Waals surface area contributed by atoms with E-state index in [1.165, 1.54) is 12.4 Å². The SMILES string of the molecule is O=C1CCC(NC(=O)c2ccncc2Cl)CN1. The third kappa shape index (κ3) is 2.94. The summed E-state index contributed by atoms with van der Waals surface area (Å²) in [6, 6.07) is 1.53. The minimum atomic E-state index is -0.237. The zero-order chi connectivity index (χ0) is 12.3. The van der Waals surface area contributed by atoms with E-state index in [4.69, 9.17) is 11.6 Å². The molecule has 1 unspecified atom stereocenters. The van der Waals surface area contributed by atoms with E-state index in [9.17, 15) is 9.59 Å². The molecule has 2 N–H and O–H groups in total. The van der Waals surface area contributed by atoms with Crippen LogP contribution in [0.5, 0.6) is 0 Å². The molecule has 1 saturated heterocycles. The minimum absolute atomic E-state index is 0.0254. The van der Waals surface area contributed by atoms with Gasteiger partial charge in [-0.05, 0) is 12.5 Å². The number of rotatable bonds is 2. The quantitative estimate of drug-likeness (QED) is 0.817. The highest BCUT2D eigenvalue weighted by Gasteiger charge is 2.20. The first-order valence-corrected chi connectivity index (χ1v) is 5.71. The van der Waals surface area contributed by atoms with Crippen LogP contribution in [0.15, 0.2) is 18.5 Å². The van der Waals surface area contributed by atoms with Crippen LogP contribution in [0.1, 0.15) is 23.2 Å². The minimum Gasteiger partial charge on any atom is -0.354 e. The highest BCUT2D eigenvalue weighted by molar-refractivity contribution is 6.33. The molecule has 1 aliphatic heterocycles. The largest absolute Gasteiger partial charge is 0.354 e. The lowest BCUT2D eigenvalue weighted by Crippen LogP contribution is -2.47. The van der Waals surface area contributed by atoms with E-state index in [2.05, 4.69) is 15.6 Å². The summed E-state index contributed by atoms with van der Waals surface area (Å²) < 4.78 is 0. The van der Waals surface area contributed by atoms with E-state index in [-0.39, 0.29) is 17.9 Å². The molecule has 17 heavy (non-hydrogen) atoms. The molecule has 90 valence electrons. The fraction of sp³-hybridized carbons (Fsp3) is 0.364. The third-order valence-corrected chi connectivity index (χ3v) is 2.92. The van der Waals surface area contributed by atoms with Crippen LogP contribution in [0.3, 0.4) is 0 Å². The van der Waals surface area contributed by atoms with E-state index in [1.807, 2.05) is 0 Å². The number of pyridine rings is 1. The number of carbonyl (C=O) groups excluding carboxylic acids is 2. The molecule has 0 saturated carbocycles. The Hall–Kier alpha value is -1.62. The lowest BCUT2D eigenvalue weighted by molar-refractivity contribution is -0.122.